The third kappa shape index (κ3) is 1.54. The van der Waals surface area contributed by atoms with E-state index in [-0.39, 0.29) is 5.41 Å². The van der Waals surface area contributed by atoms with Crippen molar-refractivity contribution in [2.24, 2.45) is 0 Å². The van der Waals surface area contributed by atoms with Gasteiger partial charge in [-0.3, -0.25) is 0 Å². The summed E-state index contributed by atoms with van der Waals surface area (Å²) in [6.45, 7) is 4.26. The lowest BCUT2D eigenvalue weighted by atomic mass is 9.88. The van der Waals surface area contributed by atoms with E-state index >= 15 is 0 Å². The van der Waals surface area contributed by atoms with Crippen LogP contribution in [-0.2, 0) is 5.41 Å². The quantitative estimate of drug-likeness (QED) is 0.896. The van der Waals surface area contributed by atoms with Gasteiger partial charge in [0.15, 0.2) is 11.6 Å². The second kappa shape index (κ2) is 3.87. The van der Waals surface area contributed by atoms with E-state index in [1.807, 2.05) is 6.07 Å². The van der Waals surface area contributed by atoms with Crippen LogP contribution >= 0.6 is 0 Å². The molecule has 3 heteroatoms. The summed E-state index contributed by atoms with van der Waals surface area (Å²) >= 11 is 0. The molecule has 3 rings (SSSR count). The van der Waals surface area contributed by atoms with Crippen molar-refractivity contribution in [2.45, 2.75) is 38.0 Å². The lowest BCUT2D eigenvalue weighted by Crippen LogP contribution is -2.11. The van der Waals surface area contributed by atoms with E-state index in [1.54, 1.807) is 0 Å². The lowest BCUT2D eigenvalue weighted by Gasteiger charge is -2.15. The molecule has 0 unspecified atom stereocenters. The van der Waals surface area contributed by atoms with Crippen LogP contribution in [0.2, 0.25) is 0 Å². The fraction of sp³-hybridized carbons (Fsp3) is 0.400. The molecule has 1 aromatic carbocycles. The highest BCUT2D eigenvalue weighted by molar-refractivity contribution is 5.52. The molecule has 1 saturated carbocycles. The molecule has 1 aliphatic rings. The highest BCUT2D eigenvalue weighted by Gasteiger charge is 2.51. The largest absolute Gasteiger partial charge is 0.381 e. The Bertz CT molecular complexity index is 553. The van der Waals surface area contributed by atoms with Gasteiger partial charge in [-0.25, -0.2) is 0 Å². The lowest BCUT2D eigenvalue weighted by molar-refractivity contribution is 0.365. The van der Waals surface area contributed by atoms with Gasteiger partial charge in [0, 0.05) is 5.56 Å². The first-order chi connectivity index (χ1) is 8.65. The van der Waals surface area contributed by atoms with Gasteiger partial charge in [-0.05, 0) is 24.3 Å². The van der Waals surface area contributed by atoms with E-state index in [4.69, 9.17) is 10.3 Å². The molecule has 94 valence electrons. The summed E-state index contributed by atoms with van der Waals surface area (Å²) in [5, 5.41) is 3.97. The summed E-state index contributed by atoms with van der Waals surface area (Å²) in [5.41, 5.74) is 8.35. The van der Waals surface area contributed by atoms with Crippen LogP contribution in [0, 0.1) is 0 Å². The van der Waals surface area contributed by atoms with Gasteiger partial charge in [0.2, 0.25) is 0 Å². The van der Waals surface area contributed by atoms with Gasteiger partial charge in [-0.1, -0.05) is 49.3 Å². The molecule has 0 saturated heterocycles. The molecule has 3 nitrogen and oxygen atoms in total. The van der Waals surface area contributed by atoms with Crippen molar-refractivity contribution in [3.05, 3.63) is 47.2 Å². The van der Waals surface area contributed by atoms with Crippen LogP contribution in [0.25, 0.3) is 0 Å². The highest BCUT2D eigenvalue weighted by atomic mass is 16.5. The van der Waals surface area contributed by atoms with Crippen molar-refractivity contribution < 1.29 is 4.52 Å². The van der Waals surface area contributed by atoms with Crippen LogP contribution in [0.3, 0.4) is 0 Å². The Kier molecular flexibility index (Phi) is 2.44. The average Bonchev–Trinajstić information content (AvgIpc) is 3.08. The topological polar surface area (TPSA) is 52.0 Å². The Labute approximate surface area is 107 Å². The molecular formula is C15H18N2O. The van der Waals surface area contributed by atoms with Gasteiger partial charge in [0.05, 0.1) is 5.41 Å². The van der Waals surface area contributed by atoms with Crippen molar-refractivity contribution in [1.29, 1.82) is 0 Å². The van der Waals surface area contributed by atoms with Crippen LogP contribution in [0.4, 0.5) is 5.82 Å². The second-order valence-corrected chi connectivity index (χ2v) is 5.41. The third-order valence-electron chi connectivity index (χ3n) is 3.84. The number of hydrogen-bond acceptors (Lipinski definition) is 3. The van der Waals surface area contributed by atoms with Crippen molar-refractivity contribution in [2.75, 3.05) is 5.73 Å². The fourth-order valence-corrected chi connectivity index (χ4v) is 2.74. The second-order valence-electron chi connectivity index (χ2n) is 5.41. The Morgan fingerprint density at radius 2 is 1.89 bits per heavy atom. The number of rotatable bonds is 3. The van der Waals surface area contributed by atoms with Gasteiger partial charge >= 0.3 is 0 Å². The van der Waals surface area contributed by atoms with Crippen LogP contribution < -0.4 is 5.73 Å². The number of nitrogens with two attached hydrogens (primary N) is 1. The SMILES string of the molecule is CC(C)c1c(N)noc1C1(c2ccccc2)CC1. The Balaban J connectivity index is 2.11. The minimum atomic E-state index is 0.0193. The maximum absolute atomic E-state index is 5.94. The molecule has 1 aliphatic carbocycles. The summed E-state index contributed by atoms with van der Waals surface area (Å²) in [4.78, 5) is 0. The molecule has 1 fully saturated rings. The maximum Gasteiger partial charge on any atom is 0.170 e. The Morgan fingerprint density at radius 1 is 1.22 bits per heavy atom. The molecule has 0 radical (unpaired) electrons. The molecule has 1 aromatic heterocycles. The predicted octanol–water partition coefficient (Wildman–Crippen LogP) is 3.46. The number of anilines is 1. The van der Waals surface area contributed by atoms with Crippen LogP contribution in [0.15, 0.2) is 34.9 Å². The smallest absolute Gasteiger partial charge is 0.170 e. The Hall–Kier alpha value is -1.77. The van der Waals surface area contributed by atoms with Crippen LogP contribution in [0.5, 0.6) is 0 Å². The highest BCUT2D eigenvalue weighted by Crippen LogP contribution is 2.55. The molecule has 2 N–H and O–H groups in total. The van der Waals surface area contributed by atoms with Gasteiger partial charge in [0.1, 0.15) is 0 Å². The molecule has 0 spiro atoms. The molecule has 0 bridgehead atoms. The first-order valence-electron chi connectivity index (χ1n) is 6.46. The van der Waals surface area contributed by atoms with E-state index in [9.17, 15) is 0 Å². The predicted molar refractivity (Wildman–Crippen MR) is 71.5 cm³/mol. The minimum absolute atomic E-state index is 0.0193. The molecule has 0 amide bonds. The van der Waals surface area contributed by atoms with E-state index in [2.05, 4.69) is 43.3 Å². The number of hydrogen-bond donors (Lipinski definition) is 1. The summed E-state index contributed by atoms with van der Waals surface area (Å²) in [7, 11) is 0. The standard InChI is InChI=1S/C15H18N2O/c1-10(2)12-13(18-17-14(12)16)15(8-9-15)11-6-4-3-5-7-11/h3-7,10H,8-9H2,1-2H3,(H2,16,17). The Morgan fingerprint density at radius 3 is 2.44 bits per heavy atom. The van der Waals surface area contributed by atoms with E-state index in [0.29, 0.717) is 11.7 Å². The summed E-state index contributed by atoms with van der Waals surface area (Å²) in [6.07, 6.45) is 2.23. The van der Waals surface area contributed by atoms with E-state index < -0.39 is 0 Å². The molecule has 2 aromatic rings. The zero-order valence-electron chi connectivity index (χ0n) is 10.8. The van der Waals surface area contributed by atoms with E-state index in [1.165, 1.54) is 5.56 Å². The maximum atomic E-state index is 5.94. The first-order valence-corrected chi connectivity index (χ1v) is 6.46. The van der Waals surface area contributed by atoms with Crippen LogP contribution in [-0.4, -0.2) is 5.16 Å². The van der Waals surface area contributed by atoms with Crippen LogP contribution in [0.1, 0.15) is 49.5 Å². The number of nitrogen functional groups attached to an aromatic ring is 1. The molecular weight excluding hydrogens is 224 g/mol. The molecule has 18 heavy (non-hydrogen) atoms. The summed E-state index contributed by atoms with van der Waals surface area (Å²) < 4.78 is 5.56. The van der Waals surface area contributed by atoms with Gasteiger partial charge in [-0.15, -0.1) is 0 Å². The minimum Gasteiger partial charge on any atom is -0.381 e. The summed E-state index contributed by atoms with van der Waals surface area (Å²) in [5.74, 6) is 1.86. The average molecular weight is 242 g/mol. The van der Waals surface area contributed by atoms with Crippen molar-refractivity contribution in [1.82, 2.24) is 5.16 Å². The van der Waals surface area contributed by atoms with E-state index in [0.717, 1.165) is 24.2 Å². The van der Waals surface area contributed by atoms with Crippen molar-refractivity contribution in [3.63, 3.8) is 0 Å². The summed E-state index contributed by atoms with van der Waals surface area (Å²) in [6, 6.07) is 10.5. The number of aromatic nitrogens is 1. The van der Waals surface area contributed by atoms with Crippen molar-refractivity contribution in [3.8, 4) is 0 Å². The first kappa shape index (κ1) is 11.3. The molecule has 1 heterocycles. The monoisotopic (exact) mass is 242 g/mol. The zero-order valence-corrected chi connectivity index (χ0v) is 10.8. The zero-order chi connectivity index (χ0) is 12.8. The molecule has 0 atom stereocenters. The van der Waals surface area contributed by atoms with Gasteiger partial charge in [0.25, 0.3) is 0 Å². The van der Waals surface area contributed by atoms with Gasteiger partial charge < -0.3 is 10.3 Å². The fourth-order valence-electron chi connectivity index (χ4n) is 2.74. The van der Waals surface area contributed by atoms with Gasteiger partial charge in [-0.2, -0.15) is 0 Å². The molecule has 0 aliphatic heterocycles. The third-order valence-corrected chi connectivity index (χ3v) is 3.84. The number of benzene rings is 1. The number of nitrogens with zero attached hydrogens (tertiary/aromatic N) is 1. The normalized spacial score (nSPS) is 17.1. The van der Waals surface area contributed by atoms with Crippen molar-refractivity contribution >= 4 is 5.82 Å².